The van der Waals surface area contributed by atoms with E-state index in [2.05, 4.69) is 116 Å². The second-order valence-corrected chi connectivity index (χ2v) is 12.7. The lowest BCUT2D eigenvalue weighted by Gasteiger charge is -2.46. The van der Waals surface area contributed by atoms with Crippen LogP contribution in [0.1, 0.15) is 108 Å². The van der Waals surface area contributed by atoms with E-state index in [1.807, 2.05) is 0 Å². The summed E-state index contributed by atoms with van der Waals surface area (Å²) >= 11 is 0. The van der Waals surface area contributed by atoms with E-state index in [4.69, 9.17) is 0 Å². The third-order valence-corrected chi connectivity index (χ3v) is 10.0. The molecule has 0 saturated carbocycles. The van der Waals surface area contributed by atoms with Crippen LogP contribution in [0.2, 0.25) is 0 Å². The van der Waals surface area contributed by atoms with Gasteiger partial charge in [0.25, 0.3) is 0 Å². The van der Waals surface area contributed by atoms with Crippen LogP contribution in [0.15, 0.2) is 91.0 Å². The molecule has 0 aliphatic rings. The fourth-order valence-electron chi connectivity index (χ4n) is 5.90. The topological polar surface area (TPSA) is 3.24 Å². The van der Waals surface area contributed by atoms with Crippen molar-refractivity contribution >= 4 is 27.4 Å². The first-order valence-electron chi connectivity index (χ1n) is 14.9. The average Bonchev–Trinajstić information content (AvgIpc) is 2.94. The molecular weight excluding hydrogens is 542 g/mol. The van der Waals surface area contributed by atoms with Crippen molar-refractivity contribution < 1.29 is 0 Å². The minimum atomic E-state index is -0.187. The highest BCUT2D eigenvalue weighted by atomic mass is 79.9. The van der Waals surface area contributed by atoms with Crippen molar-refractivity contribution in [1.82, 2.24) is 4.57 Å². The van der Waals surface area contributed by atoms with Crippen LogP contribution in [-0.2, 0) is 5.41 Å². The first kappa shape index (κ1) is 32.5. The standard InChI is InChI=1S/C35H51NSi.BrH/c1-4-5-6-7-8-9-10-11-12-22-29-36(37)34(2,3)30-35(31-23-16-13-17-24-31,32-25-18-14-19-26-32)33-27-20-15-21-28-33;/h13-21,23-28H,4-12,22,29-30H2,1-3,37H3;1H. The van der Waals surface area contributed by atoms with Gasteiger partial charge in [0.05, 0.1) is 10.4 Å². The normalized spacial score (nSPS) is 12.0. The highest BCUT2D eigenvalue weighted by molar-refractivity contribution is 8.93. The maximum atomic E-state index is 2.75. The van der Waals surface area contributed by atoms with Crippen LogP contribution in [0.4, 0.5) is 0 Å². The van der Waals surface area contributed by atoms with E-state index < -0.39 is 0 Å². The maximum Gasteiger partial charge on any atom is 0.0791 e. The summed E-state index contributed by atoms with van der Waals surface area (Å²) in [5.74, 6) is 0. The molecule has 1 nitrogen and oxygen atoms in total. The third-order valence-electron chi connectivity index (χ3n) is 8.38. The Kier molecular flexibility index (Phi) is 14.6. The quantitative estimate of drug-likeness (QED) is 0.0855. The number of rotatable bonds is 17. The van der Waals surface area contributed by atoms with Gasteiger partial charge in [-0.2, -0.15) is 0 Å². The van der Waals surface area contributed by atoms with Gasteiger partial charge in [0.1, 0.15) is 0 Å². The molecule has 0 spiro atoms. The van der Waals surface area contributed by atoms with Crippen molar-refractivity contribution in [2.45, 2.75) is 102 Å². The average molecular weight is 595 g/mol. The maximum absolute atomic E-state index is 2.75. The van der Waals surface area contributed by atoms with Crippen molar-refractivity contribution in [3.63, 3.8) is 0 Å². The van der Waals surface area contributed by atoms with E-state index in [0.717, 1.165) is 16.8 Å². The van der Waals surface area contributed by atoms with Crippen LogP contribution in [0.5, 0.6) is 0 Å². The minimum Gasteiger partial charge on any atom is -0.327 e. The Balaban J connectivity index is 0.00000507. The molecule has 3 heteroatoms. The van der Waals surface area contributed by atoms with E-state index in [1.165, 1.54) is 87.4 Å². The third kappa shape index (κ3) is 9.21. The molecule has 3 rings (SSSR count). The predicted octanol–water partition coefficient (Wildman–Crippen LogP) is 9.27. The summed E-state index contributed by atoms with van der Waals surface area (Å²) in [6, 6.07) is 33.6. The number of hydrogen-bond donors (Lipinski definition) is 0. The van der Waals surface area contributed by atoms with Gasteiger partial charge in [-0.3, -0.25) is 0 Å². The highest BCUT2D eigenvalue weighted by Gasteiger charge is 2.42. The lowest BCUT2D eigenvalue weighted by molar-refractivity contribution is 0.192. The van der Waals surface area contributed by atoms with Crippen molar-refractivity contribution in [2.75, 3.05) is 6.54 Å². The molecule has 208 valence electrons. The van der Waals surface area contributed by atoms with Crippen molar-refractivity contribution in [1.29, 1.82) is 0 Å². The first-order chi connectivity index (χ1) is 18.0. The van der Waals surface area contributed by atoms with E-state index in [9.17, 15) is 0 Å². The molecule has 0 aromatic heterocycles. The van der Waals surface area contributed by atoms with Gasteiger partial charge in [-0.25, -0.2) is 0 Å². The number of unbranched alkanes of at least 4 members (excludes halogenated alkanes) is 9. The van der Waals surface area contributed by atoms with Gasteiger partial charge in [-0.05, 0) is 49.9 Å². The second kappa shape index (κ2) is 17.1. The van der Waals surface area contributed by atoms with Gasteiger partial charge in [-0.15, -0.1) is 17.0 Å². The number of halogens is 1. The Morgan fingerprint density at radius 1 is 0.553 bits per heavy atom. The molecule has 0 aliphatic carbocycles. The van der Waals surface area contributed by atoms with Gasteiger partial charge in [0.15, 0.2) is 0 Å². The molecule has 0 unspecified atom stereocenters. The van der Waals surface area contributed by atoms with E-state index in [0.29, 0.717) is 0 Å². The first-order valence-corrected chi connectivity index (χ1v) is 15.8. The lowest BCUT2D eigenvalue weighted by Crippen LogP contribution is -2.48. The molecule has 0 bridgehead atoms. The smallest absolute Gasteiger partial charge is 0.0791 e. The molecule has 0 N–H and O–H groups in total. The summed E-state index contributed by atoms with van der Waals surface area (Å²) in [6.07, 6.45) is 15.0. The Morgan fingerprint density at radius 2 is 0.895 bits per heavy atom. The van der Waals surface area contributed by atoms with E-state index in [1.54, 1.807) is 0 Å². The Bertz CT molecular complexity index is 894. The fourth-order valence-corrected chi connectivity index (χ4v) is 6.37. The Morgan fingerprint density at radius 3 is 1.26 bits per heavy atom. The molecule has 0 saturated heterocycles. The van der Waals surface area contributed by atoms with Crippen LogP contribution in [0, 0.1) is 0 Å². The molecule has 0 heterocycles. The van der Waals surface area contributed by atoms with E-state index in [-0.39, 0.29) is 27.9 Å². The van der Waals surface area contributed by atoms with Crippen LogP contribution in [0.25, 0.3) is 0 Å². The lowest BCUT2D eigenvalue weighted by atomic mass is 9.63. The van der Waals surface area contributed by atoms with Crippen LogP contribution >= 0.6 is 17.0 Å². The minimum absolute atomic E-state index is 0. The summed E-state index contributed by atoms with van der Waals surface area (Å²) in [5.41, 5.74) is 4.05. The molecule has 0 fully saturated rings. The zero-order valence-electron chi connectivity index (χ0n) is 24.5. The van der Waals surface area contributed by atoms with Gasteiger partial charge in [-0.1, -0.05) is 156 Å². The van der Waals surface area contributed by atoms with Gasteiger partial charge < -0.3 is 4.57 Å². The number of hydrogen-bond acceptors (Lipinski definition) is 1. The van der Waals surface area contributed by atoms with Crippen molar-refractivity contribution in [3.05, 3.63) is 108 Å². The molecule has 0 atom stereocenters. The Hall–Kier alpha value is -1.68. The number of nitrogens with zero attached hydrogens (tertiary/aromatic N) is 1. The summed E-state index contributed by atoms with van der Waals surface area (Å²) in [6.45, 7) is 8.45. The zero-order chi connectivity index (χ0) is 26.4. The molecule has 38 heavy (non-hydrogen) atoms. The molecule has 0 amide bonds. The molecule has 3 aromatic carbocycles. The van der Waals surface area contributed by atoms with Crippen LogP contribution in [0.3, 0.4) is 0 Å². The largest absolute Gasteiger partial charge is 0.327 e. The second-order valence-electron chi connectivity index (χ2n) is 11.6. The molecule has 0 radical (unpaired) electrons. The molecular formula is C35H52BrNSi. The summed E-state index contributed by atoms with van der Waals surface area (Å²) in [5, 5.41) is 0. The summed E-state index contributed by atoms with van der Waals surface area (Å²) in [4.78, 5) is 0. The van der Waals surface area contributed by atoms with Gasteiger partial charge in [0, 0.05) is 11.0 Å². The summed E-state index contributed by atoms with van der Waals surface area (Å²) < 4.78 is 2.75. The van der Waals surface area contributed by atoms with Gasteiger partial charge in [0.2, 0.25) is 0 Å². The highest BCUT2D eigenvalue weighted by Crippen LogP contribution is 2.46. The fraction of sp³-hybridized carbons (Fsp3) is 0.486. The predicted molar refractivity (Wildman–Crippen MR) is 177 cm³/mol. The molecule has 3 aromatic rings. The zero-order valence-corrected chi connectivity index (χ0v) is 28.2. The van der Waals surface area contributed by atoms with Crippen LogP contribution in [-0.4, -0.2) is 27.1 Å². The number of benzene rings is 3. The van der Waals surface area contributed by atoms with Gasteiger partial charge >= 0.3 is 0 Å². The van der Waals surface area contributed by atoms with Crippen molar-refractivity contribution in [2.24, 2.45) is 0 Å². The Labute approximate surface area is 247 Å². The monoisotopic (exact) mass is 593 g/mol. The van der Waals surface area contributed by atoms with Crippen LogP contribution < -0.4 is 0 Å². The molecule has 0 aliphatic heterocycles. The van der Waals surface area contributed by atoms with E-state index >= 15 is 0 Å². The summed E-state index contributed by atoms with van der Waals surface area (Å²) in [7, 11) is 1.08. The SMILES string of the molecule is Br.CCCCCCCCCCCCN([SiH3])C(C)(C)CC(c1ccccc1)(c1ccccc1)c1ccccc1. The van der Waals surface area contributed by atoms with Crippen molar-refractivity contribution in [3.8, 4) is 0 Å².